The van der Waals surface area contributed by atoms with Crippen molar-refractivity contribution >= 4 is 17.5 Å². The van der Waals surface area contributed by atoms with Crippen LogP contribution in [0, 0.1) is 5.92 Å². The van der Waals surface area contributed by atoms with Gasteiger partial charge in [-0.25, -0.2) is 0 Å². The highest BCUT2D eigenvalue weighted by Crippen LogP contribution is 2.13. The summed E-state index contributed by atoms with van der Waals surface area (Å²) in [6.07, 6.45) is 2.90. The van der Waals surface area contributed by atoms with Crippen LogP contribution in [-0.2, 0) is 4.79 Å². The van der Waals surface area contributed by atoms with Crippen LogP contribution in [-0.4, -0.2) is 25.5 Å². The molecule has 0 aromatic rings. The number of nitrogens with one attached hydrogen (secondary N) is 2. The van der Waals surface area contributed by atoms with Gasteiger partial charge < -0.3 is 10.6 Å². The molecular weight excluding hydrogens is 200 g/mol. The van der Waals surface area contributed by atoms with Crippen molar-refractivity contribution in [3.63, 3.8) is 0 Å². The molecule has 1 aliphatic rings. The summed E-state index contributed by atoms with van der Waals surface area (Å²) in [6.45, 7) is 5.92. The van der Waals surface area contributed by atoms with Crippen LogP contribution in [0.15, 0.2) is 11.6 Å². The van der Waals surface area contributed by atoms with Crippen LogP contribution in [0.3, 0.4) is 0 Å². The molecule has 4 heteroatoms. The lowest BCUT2D eigenvalue weighted by atomic mass is 9.96. The fraction of sp³-hybridized carbons (Fsp3) is 0.700. The molecular formula is C10H17ClN2O. The third-order valence-corrected chi connectivity index (χ3v) is 2.48. The quantitative estimate of drug-likeness (QED) is 0.743. The van der Waals surface area contributed by atoms with Gasteiger partial charge in [-0.1, -0.05) is 18.2 Å². The number of piperidine rings is 1. The maximum atomic E-state index is 11.4. The molecule has 0 saturated carbocycles. The Kier molecular flexibility index (Phi) is 4.98. The maximum absolute atomic E-state index is 11.4. The van der Waals surface area contributed by atoms with E-state index in [9.17, 15) is 4.79 Å². The average molecular weight is 217 g/mol. The van der Waals surface area contributed by atoms with Crippen molar-refractivity contribution in [2.24, 2.45) is 5.92 Å². The summed E-state index contributed by atoms with van der Waals surface area (Å²) in [5.41, 5.74) is 0. The number of carbonyl (C=O) groups excluding carboxylic acids is 1. The Bertz CT molecular complexity index is 212. The SMILES string of the molecule is C=C(Cl)CNC(=O)CC1CCCNC1. The van der Waals surface area contributed by atoms with Crippen LogP contribution >= 0.6 is 11.6 Å². The zero-order chi connectivity index (χ0) is 10.4. The first-order valence-corrected chi connectivity index (χ1v) is 5.37. The van der Waals surface area contributed by atoms with Crippen molar-refractivity contribution in [2.45, 2.75) is 19.3 Å². The minimum atomic E-state index is 0.0699. The molecule has 1 aliphatic heterocycles. The summed E-state index contributed by atoms with van der Waals surface area (Å²) in [7, 11) is 0. The third kappa shape index (κ3) is 4.63. The molecule has 2 N–H and O–H groups in total. The van der Waals surface area contributed by atoms with E-state index in [1.807, 2.05) is 0 Å². The van der Waals surface area contributed by atoms with Crippen molar-refractivity contribution in [1.82, 2.24) is 10.6 Å². The molecule has 0 aliphatic carbocycles. The minimum absolute atomic E-state index is 0.0699. The van der Waals surface area contributed by atoms with E-state index in [0.717, 1.165) is 19.5 Å². The molecule has 1 rings (SSSR count). The molecule has 14 heavy (non-hydrogen) atoms. The topological polar surface area (TPSA) is 41.1 Å². The minimum Gasteiger partial charge on any atom is -0.351 e. The summed E-state index contributed by atoms with van der Waals surface area (Å²) in [6, 6.07) is 0. The molecule has 3 nitrogen and oxygen atoms in total. The van der Waals surface area contributed by atoms with Gasteiger partial charge in [0.2, 0.25) is 5.91 Å². The monoisotopic (exact) mass is 216 g/mol. The largest absolute Gasteiger partial charge is 0.351 e. The van der Waals surface area contributed by atoms with Crippen LogP contribution in [0.1, 0.15) is 19.3 Å². The number of rotatable bonds is 4. The molecule has 80 valence electrons. The summed E-state index contributed by atoms with van der Waals surface area (Å²) in [5.74, 6) is 0.549. The lowest BCUT2D eigenvalue weighted by molar-refractivity contribution is -0.121. The number of carbonyl (C=O) groups is 1. The Hall–Kier alpha value is -0.540. The predicted octanol–water partition coefficient (Wildman–Crippen LogP) is 1.24. The van der Waals surface area contributed by atoms with Crippen LogP contribution in [0.4, 0.5) is 0 Å². The van der Waals surface area contributed by atoms with E-state index < -0.39 is 0 Å². The molecule has 1 saturated heterocycles. The number of hydrogen-bond acceptors (Lipinski definition) is 2. The van der Waals surface area contributed by atoms with Gasteiger partial charge in [0.15, 0.2) is 0 Å². The van der Waals surface area contributed by atoms with Crippen molar-refractivity contribution in [3.8, 4) is 0 Å². The van der Waals surface area contributed by atoms with Crippen molar-refractivity contribution < 1.29 is 4.79 Å². The Morgan fingerprint density at radius 3 is 3.00 bits per heavy atom. The van der Waals surface area contributed by atoms with Crippen LogP contribution in [0.5, 0.6) is 0 Å². The van der Waals surface area contributed by atoms with E-state index in [2.05, 4.69) is 17.2 Å². The smallest absolute Gasteiger partial charge is 0.220 e. The Labute approximate surface area is 89.9 Å². The molecule has 1 heterocycles. The van der Waals surface area contributed by atoms with Crippen molar-refractivity contribution in [1.29, 1.82) is 0 Å². The van der Waals surface area contributed by atoms with E-state index in [-0.39, 0.29) is 5.91 Å². The van der Waals surface area contributed by atoms with Crippen LogP contribution in [0.2, 0.25) is 0 Å². The molecule has 1 unspecified atom stereocenters. The second-order valence-electron chi connectivity index (χ2n) is 3.71. The second-order valence-corrected chi connectivity index (χ2v) is 4.25. The predicted molar refractivity (Wildman–Crippen MR) is 58.2 cm³/mol. The highest BCUT2D eigenvalue weighted by atomic mass is 35.5. The normalized spacial score (nSPS) is 21.6. The molecule has 0 spiro atoms. The lowest BCUT2D eigenvalue weighted by Crippen LogP contribution is -2.34. The number of halogens is 1. The summed E-state index contributed by atoms with van der Waals surface area (Å²) in [5, 5.41) is 6.48. The fourth-order valence-electron chi connectivity index (χ4n) is 1.63. The van der Waals surface area contributed by atoms with Gasteiger partial charge in [-0.3, -0.25) is 4.79 Å². The zero-order valence-electron chi connectivity index (χ0n) is 8.31. The van der Waals surface area contributed by atoms with Gasteiger partial charge in [-0.05, 0) is 31.8 Å². The summed E-state index contributed by atoms with van der Waals surface area (Å²) >= 11 is 5.54. The second kappa shape index (κ2) is 6.04. The van der Waals surface area contributed by atoms with Gasteiger partial charge in [0, 0.05) is 11.5 Å². The first-order valence-electron chi connectivity index (χ1n) is 4.99. The van der Waals surface area contributed by atoms with Gasteiger partial charge >= 0.3 is 0 Å². The van der Waals surface area contributed by atoms with Crippen LogP contribution < -0.4 is 10.6 Å². The van der Waals surface area contributed by atoms with Crippen molar-refractivity contribution in [3.05, 3.63) is 11.6 Å². The molecule has 0 bridgehead atoms. The van der Waals surface area contributed by atoms with E-state index in [1.54, 1.807) is 0 Å². The zero-order valence-corrected chi connectivity index (χ0v) is 9.07. The first-order chi connectivity index (χ1) is 6.68. The standard InChI is InChI=1S/C10H17ClN2O/c1-8(11)6-13-10(14)5-9-3-2-4-12-7-9/h9,12H,1-7H2,(H,13,14). The highest BCUT2D eigenvalue weighted by Gasteiger charge is 2.16. The third-order valence-electron chi connectivity index (χ3n) is 2.35. The number of amides is 1. The van der Waals surface area contributed by atoms with E-state index in [1.165, 1.54) is 6.42 Å². The summed E-state index contributed by atoms with van der Waals surface area (Å²) in [4.78, 5) is 11.4. The highest BCUT2D eigenvalue weighted by molar-refractivity contribution is 6.29. The van der Waals surface area contributed by atoms with Gasteiger partial charge in [0.25, 0.3) is 0 Å². The Morgan fingerprint density at radius 2 is 2.43 bits per heavy atom. The molecule has 1 amide bonds. The van der Waals surface area contributed by atoms with E-state index >= 15 is 0 Å². The molecule has 0 radical (unpaired) electrons. The molecule has 0 aromatic carbocycles. The molecule has 0 aromatic heterocycles. The van der Waals surface area contributed by atoms with Crippen molar-refractivity contribution in [2.75, 3.05) is 19.6 Å². The Morgan fingerprint density at radius 1 is 1.64 bits per heavy atom. The Balaban J connectivity index is 2.15. The van der Waals surface area contributed by atoms with E-state index in [0.29, 0.717) is 23.9 Å². The van der Waals surface area contributed by atoms with Gasteiger partial charge in [0.05, 0.1) is 6.54 Å². The fourth-order valence-corrected chi connectivity index (χ4v) is 1.69. The number of hydrogen-bond donors (Lipinski definition) is 2. The lowest BCUT2D eigenvalue weighted by Gasteiger charge is -2.21. The van der Waals surface area contributed by atoms with Crippen LogP contribution in [0.25, 0.3) is 0 Å². The first kappa shape index (κ1) is 11.5. The molecule has 1 fully saturated rings. The van der Waals surface area contributed by atoms with Gasteiger partial charge in [-0.15, -0.1) is 0 Å². The van der Waals surface area contributed by atoms with Gasteiger partial charge in [0.1, 0.15) is 0 Å². The summed E-state index contributed by atoms with van der Waals surface area (Å²) < 4.78 is 0. The van der Waals surface area contributed by atoms with E-state index in [4.69, 9.17) is 11.6 Å². The average Bonchev–Trinajstić information content (AvgIpc) is 2.16. The van der Waals surface area contributed by atoms with Gasteiger partial charge in [-0.2, -0.15) is 0 Å². The molecule has 1 atom stereocenters. The maximum Gasteiger partial charge on any atom is 0.220 e.